The molecule has 2 N–H and O–H groups in total. The molecule has 0 amide bonds. The molecule has 1 unspecified atom stereocenters. The Labute approximate surface area is 214 Å². The van der Waals surface area contributed by atoms with Crippen LogP contribution in [-0.4, -0.2) is 51.0 Å². The molecule has 2 aromatic rings. The van der Waals surface area contributed by atoms with Crippen LogP contribution in [0.1, 0.15) is 44.9 Å². The normalized spacial score (nSPS) is 11.8. The molecule has 0 saturated carbocycles. The van der Waals surface area contributed by atoms with E-state index in [9.17, 15) is 0 Å². The molecule has 8 nitrogen and oxygen atoms in total. The van der Waals surface area contributed by atoms with Crippen molar-refractivity contribution in [1.29, 1.82) is 0 Å². The highest BCUT2D eigenvalue weighted by Crippen LogP contribution is 2.30. The Morgan fingerprint density at radius 3 is 2.48 bits per heavy atom. The molecular weight excluding hydrogens is 535 g/mol. The summed E-state index contributed by atoms with van der Waals surface area (Å²) in [5, 5.41) is 6.76. The van der Waals surface area contributed by atoms with E-state index in [1.165, 1.54) is 0 Å². The topological polar surface area (TPSA) is 86.2 Å². The SMILES string of the molecule is CCNC(=NCc1cccnc1OCCOC)NC(C)c1ccc(OCC)c(OCC)c1.I. The van der Waals surface area contributed by atoms with E-state index in [1.807, 2.05) is 51.1 Å². The van der Waals surface area contributed by atoms with Crippen LogP contribution in [0.3, 0.4) is 0 Å². The van der Waals surface area contributed by atoms with Gasteiger partial charge in [0.25, 0.3) is 0 Å². The minimum Gasteiger partial charge on any atom is -0.490 e. The van der Waals surface area contributed by atoms with Crippen molar-refractivity contribution in [2.24, 2.45) is 4.99 Å². The minimum atomic E-state index is 0. The van der Waals surface area contributed by atoms with Crippen LogP contribution in [0, 0.1) is 0 Å². The van der Waals surface area contributed by atoms with Gasteiger partial charge in [-0.25, -0.2) is 9.98 Å². The first-order chi connectivity index (χ1) is 15.6. The van der Waals surface area contributed by atoms with Crippen molar-refractivity contribution in [2.45, 2.75) is 40.3 Å². The second-order valence-corrected chi connectivity index (χ2v) is 6.94. The lowest BCUT2D eigenvalue weighted by Gasteiger charge is -2.20. The summed E-state index contributed by atoms with van der Waals surface area (Å²) in [7, 11) is 1.64. The maximum absolute atomic E-state index is 5.76. The van der Waals surface area contributed by atoms with Gasteiger partial charge >= 0.3 is 0 Å². The van der Waals surface area contributed by atoms with Crippen LogP contribution in [0.25, 0.3) is 0 Å². The highest BCUT2D eigenvalue weighted by atomic mass is 127. The summed E-state index contributed by atoms with van der Waals surface area (Å²) in [6.45, 7) is 11.4. The number of rotatable bonds is 13. The number of aliphatic imine (C=N–C) groups is 1. The molecule has 0 fully saturated rings. The van der Waals surface area contributed by atoms with Crippen LogP contribution in [0.15, 0.2) is 41.5 Å². The molecule has 1 atom stereocenters. The number of hydrogen-bond acceptors (Lipinski definition) is 6. The van der Waals surface area contributed by atoms with Gasteiger partial charge in [0.2, 0.25) is 5.88 Å². The number of halogens is 1. The van der Waals surface area contributed by atoms with Crippen LogP contribution in [0.5, 0.6) is 17.4 Å². The van der Waals surface area contributed by atoms with Crippen molar-refractivity contribution in [1.82, 2.24) is 15.6 Å². The molecule has 1 aromatic carbocycles. The van der Waals surface area contributed by atoms with Gasteiger partial charge in [-0.1, -0.05) is 12.1 Å². The Bertz CT molecular complexity index is 851. The van der Waals surface area contributed by atoms with Crippen LogP contribution >= 0.6 is 24.0 Å². The zero-order valence-electron chi connectivity index (χ0n) is 20.2. The highest BCUT2D eigenvalue weighted by Gasteiger charge is 2.13. The number of nitrogens with one attached hydrogen (secondary N) is 2. The van der Waals surface area contributed by atoms with Crippen LogP contribution in [-0.2, 0) is 11.3 Å². The van der Waals surface area contributed by atoms with Crippen LogP contribution in [0.4, 0.5) is 0 Å². The smallest absolute Gasteiger partial charge is 0.218 e. The first kappa shape index (κ1) is 28.8. The van der Waals surface area contributed by atoms with Gasteiger partial charge in [-0.15, -0.1) is 24.0 Å². The molecule has 33 heavy (non-hydrogen) atoms. The number of benzene rings is 1. The minimum absolute atomic E-state index is 0. The second-order valence-electron chi connectivity index (χ2n) is 6.94. The maximum atomic E-state index is 5.76. The van der Waals surface area contributed by atoms with Crippen LogP contribution in [0.2, 0.25) is 0 Å². The standard InChI is InChI=1S/C24H36N4O4.HI/c1-6-25-24(27-17-20-10-9-13-26-23(20)32-15-14-29-5)28-18(4)19-11-12-21(30-7-2)22(16-19)31-8-3;/h9-13,16,18H,6-8,14-15,17H2,1-5H3,(H2,25,27,28);1H. The highest BCUT2D eigenvalue weighted by molar-refractivity contribution is 14.0. The van der Waals surface area contributed by atoms with E-state index in [1.54, 1.807) is 13.3 Å². The number of pyridine rings is 1. The van der Waals surface area contributed by atoms with E-state index in [0.29, 0.717) is 44.8 Å². The number of methoxy groups -OCH3 is 1. The van der Waals surface area contributed by atoms with E-state index >= 15 is 0 Å². The lowest BCUT2D eigenvalue weighted by Crippen LogP contribution is -2.38. The van der Waals surface area contributed by atoms with E-state index in [4.69, 9.17) is 23.9 Å². The zero-order valence-corrected chi connectivity index (χ0v) is 22.6. The largest absolute Gasteiger partial charge is 0.490 e. The quantitative estimate of drug-likeness (QED) is 0.160. The van der Waals surface area contributed by atoms with Gasteiger partial charge in [-0.05, 0) is 51.5 Å². The summed E-state index contributed by atoms with van der Waals surface area (Å²) in [5.41, 5.74) is 1.99. The van der Waals surface area contributed by atoms with Crippen molar-refractivity contribution in [3.63, 3.8) is 0 Å². The molecule has 2 rings (SSSR count). The van der Waals surface area contributed by atoms with E-state index in [-0.39, 0.29) is 30.0 Å². The Balaban J connectivity index is 0.00000544. The molecule has 1 heterocycles. The van der Waals surface area contributed by atoms with Gasteiger partial charge in [0.05, 0.1) is 32.4 Å². The number of ether oxygens (including phenoxy) is 4. The average Bonchev–Trinajstić information content (AvgIpc) is 2.80. The Hall–Kier alpha value is -2.27. The zero-order chi connectivity index (χ0) is 23.2. The number of guanidine groups is 1. The average molecular weight is 572 g/mol. The van der Waals surface area contributed by atoms with Crippen LogP contribution < -0.4 is 24.8 Å². The molecule has 0 aliphatic heterocycles. The Morgan fingerprint density at radius 1 is 1.03 bits per heavy atom. The van der Waals surface area contributed by atoms with Gasteiger partial charge < -0.3 is 29.6 Å². The predicted octanol–water partition coefficient (Wildman–Crippen LogP) is 4.34. The van der Waals surface area contributed by atoms with Gasteiger partial charge in [0.15, 0.2) is 17.5 Å². The lowest BCUT2D eigenvalue weighted by atomic mass is 10.1. The van der Waals surface area contributed by atoms with E-state index < -0.39 is 0 Å². The Morgan fingerprint density at radius 2 is 1.79 bits per heavy atom. The lowest BCUT2D eigenvalue weighted by molar-refractivity contribution is 0.143. The maximum Gasteiger partial charge on any atom is 0.218 e. The summed E-state index contributed by atoms with van der Waals surface area (Å²) < 4.78 is 22.2. The van der Waals surface area contributed by atoms with Gasteiger partial charge in [-0.3, -0.25) is 0 Å². The first-order valence-electron chi connectivity index (χ1n) is 11.1. The Kier molecular flexibility index (Phi) is 14.3. The van der Waals surface area contributed by atoms with Crippen molar-refractivity contribution in [3.05, 3.63) is 47.7 Å². The first-order valence-corrected chi connectivity index (χ1v) is 11.1. The number of aromatic nitrogens is 1. The monoisotopic (exact) mass is 572 g/mol. The fourth-order valence-corrected chi connectivity index (χ4v) is 3.01. The van der Waals surface area contributed by atoms with E-state index in [2.05, 4.69) is 22.5 Å². The molecule has 1 aromatic heterocycles. The van der Waals surface area contributed by atoms with E-state index in [0.717, 1.165) is 29.2 Å². The third-order valence-corrected chi connectivity index (χ3v) is 4.55. The summed E-state index contributed by atoms with van der Waals surface area (Å²) in [5.74, 6) is 2.78. The predicted molar refractivity (Wildman–Crippen MR) is 142 cm³/mol. The molecule has 0 aliphatic carbocycles. The fourth-order valence-electron chi connectivity index (χ4n) is 3.01. The van der Waals surface area contributed by atoms with Crippen molar-refractivity contribution in [2.75, 3.05) is 40.1 Å². The summed E-state index contributed by atoms with van der Waals surface area (Å²) in [6, 6.07) is 9.86. The van der Waals surface area contributed by atoms with Gasteiger partial charge in [-0.2, -0.15) is 0 Å². The third kappa shape index (κ3) is 9.63. The molecular formula is C24H37IN4O4. The molecule has 0 saturated heterocycles. The number of hydrogen-bond donors (Lipinski definition) is 2. The molecule has 0 aliphatic rings. The van der Waals surface area contributed by atoms with Gasteiger partial charge in [0, 0.05) is 25.4 Å². The van der Waals surface area contributed by atoms with Gasteiger partial charge in [0.1, 0.15) is 6.61 Å². The number of nitrogens with zero attached hydrogens (tertiary/aromatic N) is 2. The molecule has 9 heteroatoms. The summed E-state index contributed by atoms with van der Waals surface area (Å²) in [4.78, 5) is 9.05. The van der Waals surface area contributed by atoms with Crippen molar-refractivity contribution < 1.29 is 18.9 Å². The fraction of sp³-hybridized carbons (Fsp3) is 0.500. The molecule has 0 spiro atoms. The second kappa shape index (κ2) is 16.4. The molecule has 0 radical (unpaired) electrons. The molecule has 0 bridgehead atoms. The molecule has 184 valence electrons. The van der Waals surface area contributed by atoms with Crippen molar-refractivity contribution in [3.8, 4) is 17.4 Å². The summed E-state index contributed by atoms with van der Waals surface area (Å²) in [6.07, 6.45) is 1.71. The third-order valence-electron chi connectivity index (χ3n) is 4.55. The van der Waals surface area contributed by atoms with Crippen molar-refractivity contribution >= 4 is 29.9 Å². The summed E-state index contributed by atoms with van der Waals surface area (Å²) >= 11 is 0.